The average Bonchev–Trinajstić information content (AvgIpc) is 2.47. The van der Waals surface area contributed by atoms with E-state index in [9.17, 15) is 13.2 Å². The van der Waals surface area contributed by atoms with Gasteiger partial charge in [-0.3, -0.25) is 4.68 Å². The maximum atomic E-state index is 12.0. The summed E-state index contributed by atoms with van der Waals surface area (Å²) >= 11 is 0. The molecule has 0 aromatic carbocycles. The van der Waals surface area contributed by atoms with E-state index in [1.807, 2.05) is 0 Å². The maximum absolute atomic E-state index is 12.0. The number of nitrogens with zero attached hydrogens (tertiary/aromatic N) is 2. The Balaban J connectivity index is 2.74. The number of aromatic nitrogens is 2. The summed E-state index contributed by atoms with van der Waals surface area (Å²) < 4.78 is 37.5. The monoisotopic (exact) mass is 207 g/mol. The van der Waals surface area contributed by atoms with Crippen molar-refractivity contribution < 1.29 is 13.2 Å². The molecule has 0 unspecified atom stereocenters. The normalized spacial score (nSPS) is 14.4. The highest BCUT2D eigenvalue weighted by molar-refractivity contribution is 5.06. The topological polar surface area (TPSA) is 43.8 Å². The van der Waals surface area contributed by atoms with Crippen molar-refractivity contribution in [3.8, 4) is 0 Å². The van der Waals surface area contributed by atoms with Gasteiger partial charge < -0.3 is 5.73 Å². The molecule has 0 amide bonds. The Kier molecular flexibility index (Phi) is 3.15. The summed E-state index contributed by atoms with van der Waals surface area (Å²) in [6.07, 6.45) is -3.80. The Morgan fingerprint density at radius 3 is 2.71 bits per heavy atom. The van der Waals surface area contributed by atoms with E-state index in [-0.39, 0.29) is 0 Å². The number of rotatable bonds is 3. The Morgan fingerprint density at radius 2 is 2.21 bits per heavy atom. The van der Waals surface area contributed by atoms with E-state index in [4.69, 9.17) is 5.73 Å². The van der Waals surface area contributed by atoms with E-state index in [1.54, 1.807) is 6.92 Å². The Labute approximate surface area is 79.7 Å². The van der Waals surface area contributed by atoms with E-state index in [0.29, 0.717) is 12.2 Å². The quantitative estimate of drug-likeness (QED) is 0.822. The molecule has 1 rings (SSSR count). The first-order valence-corrected chi connectivity index (χ1v) is 4.28. The molecule has 0 aliphatic heterocycles. The summed E-state index contributed by atoms with van der Waals surface area (Å²) in [5.74, 6) is 0. The van der Waals surface area contributed by atoms with Gasteiger partial charge in [-0.2, -0.15) is 18.3 Å². The zero-order valence-corrected chi connectivity index (χ0v) is 7.75. The van der Waals surface area contributed by atoms with Crippen LogP contribution in [0.5, 0.6) is 0 Å². The highest BCUT2D eigenvalue weighted by Gasteiger charge is 2.31. The average molecular weight is 207 g/mol. The van der Waals surface area contributed by atoms with E-state index < -0.39 is 18.6 Å². The minimum atomic E-state index is -4.23. The molecule has 0 saturated heterocycles. The Hall–Kier alpha value is -1.04. The molecule has 0 spiro atoms. The molecular formula is C8H12F3N3. The summed E-state index contributed by atoms with van der Waals surface area (Å²) in [4.78, 5) is 0. The fourth-order valence-corrected chi connectivity index (χ4v) is 1.28. The fraction of sp³-hybridized carbons (Fsp3) is 0.625. The van der Waals surface area contributed by atoms with E-state index >= 15 is 0 Å². The predicted molar refractivity (Wildman–Crippen MR) is 45.5 cm³/mol. The molecule has 1 aromatic rings. The lowest BCUT2D eigenvalue weighted by molar-refractivity contribution is -0.138. The third kappa shape index (κ3) is 2.73. The van der Waals surface area contributed by atoms with Gasteiger partial charge in [-0.1, -0.05) is 0 Å². The van der Waals surface area contributed by atoms with Crippen molar-refractivity contribution in [1.29, 1.82) is 0 Å². The molecule has 14 heavy (non-hydrogen) atoms. The molecular weight excluding hydrogens is 195 g/mol. The first-order chi connectivity index (χ1) is 6.44. The van der Waals surface area contributed by atoms with Crippen LogP contribution in [0.25, 0.3) is 0 Å². The third-order valence-corrected chi connectivity index (χ3v) is 1.88. The van der Waals surface area contributed by atoms with Gasteiger partial charge in [0.15, 0.2) is 0 Å². The molecule has 80 valence electrons. The first-order valence-electron chi connectivity index (χ1n) is 4.28. The Morgan fingerprint density at radius 1 is 1.57 bits per heavy atom. The van der Waals surface area contributed by atoms with Gasteiger partial charge >= 0.3 is 6.18 Å². The molecule has 2 N–H and O–H groups in total. The SMILES string of the molecule is CCn1nccc1[C@H](N)CC(F)(F)F. The summed E-state index contributed by atoms with van der Waals surface area (Å²) in [6, 6.07) is 0.484. The van der Waals surface area contributed by atoms with E-state index in [1.165, 1.54) is 16.9 Å². The first kappa shape index (κ1) is 11.0. The summed E-state index contributed by atoms with van der Waals surface area (Å²) in [5.41, 5.74) is 5.84. The van der Waals surface area contributed by atoms with Crippen LogP contribution in [0, 0.1) is 0 Å². The van der Waals surface area contributed by atoms with Crippen molar-refractivity contribution >= 4 is 0 Å². The lowest BCUT2D eigenvalue weighted by Crippen LogP contribution is -2.22. The van der Waals surface area contributed by atoms with Crippen molar-refractivity contribution in [2.75, 3.05) is 0 Å². The van der Waals surface area contributed by atoms with Crippen molar-refractivity contribution in [2.24, 2.45) is 5.73 Å². The summed E-state index contributed by atoms with van der Waals surface area (Å²) in [7, 11) is 0. The second-order valence-electron chi connectivity index (χ2n) is 3.00. The smallest absolute Gasteiger partial charge is 0.322 e. The van der Waals surface area contributed by atoms with Crippen LogP contribution >= 0.6 is 0 Å². The number of aryl methyl sites for hydroxylation is 1. The van der Waals surface area contributed by atoms with Crippen molar-refractivity contribution in [2.45, 2.75) is 32.1 Å². The molecule has 0 radical (unpaired) electrons. The lowest BCUT2D eigenvalue weighted by atomic mass is 10.1. The number of alkyl halides is 3. The molecule has 1 heterocycles. The molecule has 1 aromatic heterocycles. The molecule has 0 saturated carbocycles. The number of halogens is 3. The fourth-order valence-electron chi connectivity index (χ4n) is 1.28. The molecule has 6 heteroatoms. The van der Waals surface area contributed by atoms with Crippen molar-refractivity contribution in [3.05, 3.63) is 18.0 Å². The van der Waals surface area contributed by atoms with Crippen LogP contribution < -0.4 is 5.73 Å². The third-order valence-electron chi connectivity index (χ3n) is 1.88. The van der Waals surface area contributed by atoms with Crippen molar-refractivity contribution in [3.63, 3.8) is 0 Å². The highest BCUT2D eigenvalue weighted by Crippen LogP contribution is 2.27. The minimum absolute atomic E-state index is 0.421. The predicted octanol–water partition coefficient (Wildman–Crippen LogP) is 1.86. The second kappa shape index (κ2) is 4.00. The van der Waals surface area contributed by atoms with Crippen LogP contribution in [0.4, 0.5) is 13.2 Å². The summed E-state index contributed by atoms with van der Waals surface area (Å²) in [6.45, 7) is 2.32. The molecule has 0 aliphatic carbocycles. The largest absolute Gasteiger partial charge is 0.390 e. The zero-order valence-electron chi connectivity index (χ0n) is 7.75. The number of nitrogens with two attached hydrogens (primary N) is 1. The zero-order chi connectivity index (χ0) is 10.8. The number of hydrogen-bond donors (Lipinski definition) is 1. The molecule has 0 bridgehead atoms. The maximum Gasteiger partial charge on any atom is 0.390 e. The van der Waals surface area contributed by atoms with Gasteiger partial charge in [-0.05, 0) is 13.0 Å². The van der Waals surface area contributed by atoms with Gasteiger partial charge in [0, 0.05) is 12.7 Å². The van der Waals surface area contributed by atoms with Crippen LogP contribution in [0.3, 0.4) is 0 Å². The van der Waals surface area contributed by atoms with Gasteiger partial charge in [0.25, 0.3) is 0 Å². The van der Waals surface area contributed by atoms with Crippen LogP contribution in [-0.2, 0) is 6.54 Å². The standard InChI is InChI=1S/C8H12F3N3/c1-2-14-7(3-4-13-14)6(12)5-8(9,10)11/h3-4,6H,2,5,12H2,1H3/t6-/m1/s1. The van der Waals surface area contributed by atoms with E-state index in [2.05, 4.69) is 5.10 Å². The second-order valence-corrected chi connectivity index (χ2v) is 3.00. The van der Waals surface area contributed by atoms with Gasteiger partial charge in [-0.15, -0.1) is 0 Å². The minimum Gasteiger partial charge on any atom is -0.322 e. The van der Waals surface area contributed by atoms with Crippen LogP contribution in [0.15, 0.2) is 12.3 Å². The number of hydrogen-bond acceptors (Lipinski definition) is 2. The van der Waals surface area contributed by atoms with E-state index in [0.717, 1.165) is 0 Å². The molecule has 0 fully saturated rings. The molecule has 3 nitrogen and oxygen atoms in total. The van der Waals surface area contributed by atoms with Crippen LogP contribution in [0.2, 0.25) is 0 Å². The van der Waals surface area contributed by atoms with Gasteiger partial charge in [0.05, 0.1) is 18.2 Å². The molecule has 1 atom stereocenters. The summed E-state index contributed by atoms with van der Waals surface area (Å²) in [5, 5.41) is 3.86. The van der Waals surface area contributed by atoms with Crippen molar-refractivity contribution in [1.82, 2.24) is 9.78 Å². The highest BCUT2D eigenvalue weighted by atomic mass is 19.4. The Bertz CT molecular complexity index is 292. The van der Waals surface area contributed by atoms with Gasteiger partial charge in [0.2, 0.25) is 0 Å². The lowest BCUT2D eigenvalue weighted by Gasteiger charge is -2.15. The van der Waals surface area contributed by atoms with Crippen LogP contribution in [-0.4, -0.2) is 16.0 Å². The molecule has 0 aliphatic rings. The van der Waals surface area contributed by atoms with Gasteiger partial charge in [-0.25, -0.2) is 0 Å². The van der Waals surface area contributed by atoms with Gasteiger partial charge in [0.1, 0.15) is 0 Å². The van der Waals surface area contributed by atoms with Crippen LogP contribution in [0.1, 0.15) is 25.1 Å².